The van der Waals surface area contributed by atoms with Crippen LogP contribution in [0.4, 0.5) is 4.39 Å². The Bertz CT molecular complexity index is 413. The molecule has 0 aliphatic heterocycles. The van der Waals surface area contributed by atoms with E-state index in [1.165, 1.54) is 12.1 Å². The van der Waals surface area contributed by atoms with E-state index in [2.05, 4.69) is 5.32 Å². The molecule has 0 saturated carbocycles. The largest absolute Gasteiger partial charge is 0.478 e. The van der Waals surface area contributed by atoms with Gasteiger partial charge in [0, 0.05) is 5.54 Å². The number of hydrogen-bond donors (Lipinski definition) is 1. The second-order valence-electron chi connectivity index (χ2n) is 5.18. The van der Waals surface area contributed by atoms with Gasteiger partial charge < -0.3 is 10.1 Å². The summed E-state index contributed by atoms with van der Waals surface area (Å²) in [5, 5.41) is 2.82. The summed E-state index contributed by atoms with van der Waals surface area (Å²) in [6.45, 7) is 7.50. The van der Waals surface area contributed by atoms with Crippen molar-refractivity contribution in [1.82, 2.24) is 5.32 Å². The van der Waals surface area contributed by atoms with Crippen LogP contribution in [0, 0.1) is 5.82 Å². The summed E-state index contributed by atoms with van der Waals surface area (Å²) >= 11 is 0. The van der Waals surface area contributed by atoms with Crippen LogP contribution in [0.2, 0.25) is 0 Å². The fourth-order valence-corrected chi connectivity index (χ4v) is 1.47. The van der Waals surface area contributed by atoms with E-state index in [0.717, 1.165) is 0 Å². The number of carbonyl (C=O) groups excluding carboxylic acids is 1. The Morgan fingerprint density at radius 2 is 2.00 bits per heavy atom. The molecule has 0 aromatic heterocycles. The minimum Gasteiger partial charge on any atom is -0.478 e. The highest BCUT2D eigenvalue weighted by Crippen LogP contribution is 2.18. The Balaban J connectivity index is 2.74. The Kier molecular flexibility index (Phi) is 4.70. The van der Waals surface area contributed by atoms with Crippen molar-refractivity contribution in [2.75, 3.05) is 0 Å². The number of halogens is 1. The minimum absolute atomic E-state index is 0.105. The lowest BCUT2D eigenvalue weighted by atomic mass is 10.1. The second-order valence-corrected chi connectivity index (χ2v) is 5.18. The first-order chi connectivity index (χ1) is 8.33. The smallest absolute Gasteiger partial charge is 0.261 e. The number of nitrogens with one attached hydrogen (secondary N) is 1. The number of rotatable bonds is 4. The fraction of sp³-hybridized carbons (Fsp3) is 0.500. The van der Waals surface area contributed by atoms with Crippen LogP contribution in [0.1, 0.15) is 34.1 Å². The molecule has 18 heavy (non-hydrogen) atoms. The number of benzene rings is 1. The Hall–Kier alpha value is -1.58. The van der Waals surface area contributed by atoms with Crippen LogP contribution in [-0.2, 0) is 4.79 Å². The summed E-state index contributed by atoms with van der Waals surface area (Å²) in [5.74, 6) is -0.582. The van der Waals surface area contributed by atoms with Gasteiger partial charge in [-0.1, -0.05) is 19.1 Å². The highest BCUT2D eigenvalue weighted by atomic mass is 19.1. The molecular weight excluding hydrogens is 233 g/mol. The molecule has 1 atom stereocenters. The minimum atomic E-state index is -0.680. The molecule has 0 unspecified atom stereocenters. The van der Waals surface area contributed by atoms with Crippen LogP contribution in [0.5, 0.6) is 5.75 Å². The first-order valence-corrected chi connectivity index (χ1v) is 6.06. The third kappa shape index (κ3) is 4.35. The molecule has 0 aliphatic carbocycles. The Morgan fingerprint density at radius 1 is 1.39 bits per heavy atom. The van der Waals surface area contributed by atoms with E-state index < -0.39 is 11.9 Å². The lowest BCUT2D eigenvalue weighted by Gasteiger charge is -2.25. The number of amides is 1. The molecule has 0 saturated heterocycles. The van der Waals surface area contributed by atoms with Gasteiger partial charge in [0.2, 0.25) is 0 Å². The normalized spacial score (nSPS) is 12.9. The van der Waals surface area contributed by atoms with Crippen molar-refractivity contribution in [1.29, 1.82) is 0 Å². The molecule has 100 valence electrons. The van der Waals surface area contributed by atoms with Gasteiger partial charge in [-0.2, -0.15) is 0 Å². The van der Waals surface area contributed by atoms with Crippen LogP contribution >= 0.6 is 0 Å². The molecule has 4 heteroatoms. The average molecular weight is 253 g/mol. The summed E-state index contributed by atoms with van der Waals surface area (Å²) in [6.07, 6.45) is -0.197. The number of carbonyl (C=O) groups is 1. The predicted octanol–water partition coefficient (Wildman–Crippen LogP) is 2.90. The van der Waals surface area contributed by atoms with Crippen LogP contribution in [0.25, 0.3) is 0 Å². The van der Waals surface area contributed by atoms with Crippen molar-refractivity contribution < 1.29 is 13.9 Å². The molecule has 3 nitrogen and oxygen atoms in total. The fourth-order valence-electron chi connectivity index (χ4n) is 1.47. The number of ether oxygens (including phenoxy) is 1. The van der Waals surface area contributed by atoms with Gasteiger partial charge in [0.15, 0.2) is 17.7 Å². The topological polar surface area (TPSA) is 38.3 Å². The van der Waals surface area contributed by atoms with Crippen molar-refractivity contribution in [2.24, 2.45) is 0 Å². The van der Waals surface area contributed by atoms with Gasteiger partial charge >= 0.3 is 0 Å². The lowest BCUT2D eigenvalue weighted by Crippen LogP contribution is -2.47. The predicted molar refractivity (Wildman–Crippen MR) is 69.0 cm³/mol. The van der Waals surface area contributed by atoms with E-state index in [9.17, 15) is 9.18 Å². The van der Waals surface area contributed by atoms with Gasteiger partial charge in [0.05, 0.1) is 0 Å². The van der Waals surface area contributed by atoms with Gasteiger partial charge in [-0.05, 0) is 39.3 Å². The van der Waals surface area contributed by atoms with E-state index in [1.807, 2.05) is 27.7 Å². The summed E-state index contributed by atoms with van der Waals surface area (Å²) in [4.78, 5) is 11.9. The Morgan fingerprint density at radius 3 is 2.50 bits per heavy atom. The molecule has 0 spiro atoms. The van der Waals surface area contributed by atoms with Crippen molar-refractivity contribution in [3.05, 3.63) is 30.1 Å². The van der Waals surface area contributed by atoms with E-state index in [-0.39, 0.29) is 17.2 Å². The van der Waals surface area contributed by atoms with Gasteiger partial charge in [-0.3, -0.25) is 4.79 Å². The molecule has 0 heterocycles. The van der Waals surface area contributed by atoms with Crippen molar-refractivity contribution in [3.63, 3.8) is 0 Å². The monoisotopic (exact) mass is 253 g/mol. The first-order valence-electron chi connectivity index (χ1n) is 6.06. The maximum absolute atomic E-state index is 13.4. The molecular formula is C14H20FNO2. The van der Waals surface area contributed by atoms with Crippen molar-refractivity contribution in [3.8, 4) is 5.75 Å². The maximum atomic E-state index is 13.4. The highest BCUT2D eigenvalue weighted by molar-refractivity contribution is 5.81. The summed E-state index contributed by atoms with van der Waals surface area (Å²) in [6, 6.07) is 6.08. The quantitative estimate of drug-likeness (QED) is 0.896. The van der Waals surface area contributed by atoms with Gasteiger partial charge in [0.25, 0.3) is 5.91 Å². The lowest BCUT2D eigenvalue weighted by molar-refractivity contribution is -0.129. The zero-order chi connectivity index (χ0) is 13.8. The summed E-state index contributed by atoms with van der Waals surface area (Å²) in [7, 11) is 0. The number of hydrogen-bond acceptors (Lipinski definition) is 2. The van der Waals surface area contributed by atoms with Crippen LogP contribution in [0.3, 0.4) is 0 Å². The average Bonchev–Trinajstić information content (AvgIpc) is 2.25. The van der Waals surface area contributed by atoms with E-state index in [1.54, 1.807) is 12.1 Å². The molecule has 0 aliphatic rings. The molecule has 1 amide bonds. The van der Waals surface area contributed by atoms with Crippen molar-refractivity contribution >= 4 is 5.91 Å². The Labute approximate surface area is 107 Å². The third-order valence-electron chi connectivity index (χ3n) is 2.27. The number of para-hydroxylation sites is 1. The second kappa shape index (κ2) is 5.85. The molecule has 0 bridgehead atoms. The van der Waals surface area contributed by atoms with Gasteiger partial charge in [-0.15, -0.1) is 0 Å². The van der Waals surface area contributed by atoms with Gasteiger partial charge in [0.1, 0.15) is 0 Å². The van der Waals surface area contributed by atoms with Crippen LogP contribution in [0.15, 0.2) is 24.3 Å². The van der Waals surface area contributed by atoms with Crippen LogP contribution < -0.4 is 10.1 Å². The van der Waals surface area contributed by atoms with E-state index in [4.69, 9.17) is 4.74 Å². The highest BCUT2D eigenvalue weighted by Gasteiger charge is 2.23. The molecule has 1 N–H and O–H groups in total. The standard InChI is InChI=1S/C14H20FNO2/c1-5-11(13(17)16-14(2,3)4)18-12-9-7-6-8-10(12)15/h6-9,11H,5H2,1-4H3,(H,16,17)/t11-/m1/s1. The van der Waals surface area contributed by atoms with E-state index in [0.29, 0.717) is 6.42 Å². The molecule has 0 radical (unpaired) electrons. The first kappa shape index (κ1) is 14.5. The van der Waals surface area contributed by atoms with Crippen LogP contribution in [-0.4, -0.2) is 17.6 Å². The zero-order valence-corrected chi connectivity index (χ0v) is 11.3. The molecule has 0 fully saturated rings. The summed E-state index contributed by atoms with van der Waals surface area (Å²) in [5.41, 5.74) is -0.330. The zero-order valence-electron chi connectivity index (χ0n) is 11.3. The molecule has 1 aromatic carbocycles. The summed E-state index contributed by atoms with van der Waals surface area (Å²) < 4.78 is 18.8. The third-order valence-corrected chi connectivity index (χ3v) is 2.27. The maximum Gasteiger partial charge on any atom is 0.261 e. The van der Waals surface area contributed by atoms with E-state index >= 15 is 0 Å². The van der Waals surface area contributed by atoms with Gasteiger partial charge in [-0.25, -0.2) is 4.39 Å². The molecule has 1 aromatic rings. The molecule has 1 rings (SSSR count). The van der Waals surface area contributed by atoms with Crippen molar-refractivity contribution in [2.45, 2.75) is 45.8 Å². The SMILES string of the molecule is CC[C@@H](Oc1ccccc1F)C(=O)NC(C)(C)C.